The van der Waals surface area contributed by atoms with Crippen LogP contribution in [0.3, 0.4) is 0 Å². The number of nitrogens with one attached hydrogen (secondary N) is 1. The molecule has 0 spiro atoms. The normalized spacial score (nSPS) is 21.2. The summed E-state index contributed by atoms with van der Waals surface area (Å²) in [6.07, 6.45) is 9.17. The predicted molar refractivity (Wildman–Crippen MR) is 203 cm³/mol. The van der Waals surface area contributed by atoms with Gasteiger partial charge in [-0.1, -0.05) is 98.5 Å². The van der Waals surface area contributed by atoms with E-state index < -0.39 is 36.9 Å². The summed E-state index contributed by atoms with van der Waals surface area (Å²) in [4.78, 5) is 26.5. The lowest BCUT2D eigenvalue weighted by Gasteiger charge is -2.41. The molecule has 0 aromatic heterocycles. The van der Waals surface area contributed by atoms with Crippen molar-refractivity contribution >= 4 is 36.8 Å². The Morgan fingerprint density at radius 2 is 1.62 bits per heavy atom. The summed E-state index contributed by atoms with van der Waals surface area (Å²) in [7, 11) is -5.68. The summed E-state index contributed by atoms with van der Waals surface area (Å²) >= 11 is 0. The first kappa shape index (κ1) is 41.0. The SMILES string of the molecule is C[C@@H]1C/C=C/Cc2cccc(O[Si](C)(C)C(C)(C)C)c2C(=O)O[C@H](C/C=C/NC(=O)OCC[Si](C)(C)C)C[C@@H]1O[Si](C)(C)C(C)(C)C. The number of alkyl carbamates (subject to hydrolysis) is 1. The van der Waals surface area contributed by atoms with E-state index in [0.29, 0.717) is 37.2 Å². The minimum absolute atomic E-state index is 0.0347. The topological polar surface area (TPSA) is 83.1 Å². The summed E-state index contributed by atoms with van der Waals surface area (Å²) < 4.78 is 25.5. The molecule has 0 fully saturated rings. The average molecular weight is 704 g/mol. The molecule has 7 nitrogen and oxygen atoms in total. The largest absolute Gasteiger partial charge is 0.543 e. The smallest absolute Gasteiger partial charge is 0.411 e. The fourth-order valence-electron chi connectivity index (χ4n) is 4.62. The molecule has 1 heterocycles. The lowest BCUT2D eigenvalue weighted by molar-refractivity contribution is 0.00940. The van der Waals surface area contributed by atoms with Gasteiger partial charge in [-0.3, -0.25) is 5.32 Å². The number of carbonyl (C=O) groups excluding carboxylic acids is 2. The zero-order valence-electron chi connectivity index (χ0n) is 32.0. The van der Waals surface area contributed by atoms with Gasteiger partial charge < -0.3 is 18.3 Å². The van der Waals surface area contributed by atoms with Crippen LogP contribution in [0.2, 0.25) is 61.9 Å². The van der Waals surface area contributed by atoms with Crippen LogP contribution in [-0.4, -0.2) is 55.6 Å². The van der Waals surface area contributed by atoms with E-state index in [1.54, 1.807) is 6.20 Å². The van der Waals surface area contributed by atoms with Crippen molar-refractivity contribution in [2.24, 2.45) is 5.92 Å². The van der Waals surface area contributed by atoms with Crippen LogP contribution < -0.4 is 9.74 Å². The van der Waals surface area contributed by atoms with Gasteiger partial charge in [0.05, 0.1) is 12.7 Å². The standard InChI is InChI=1S/C37H65NO6Si3/c1-28-19-15-16-20-29-21-17-23-31(43-46(11,12)36(2,3)4)33(29)34(39)42-30(27-32(28)44-47(13,14)37(5,6)7)22-18-24-38-35(40)41-25-26-45(8,9)10/h15-18,21,23-24,28,30,32H,19-20,22,25-27H2,1-14H3,(H,38,40)/b16-15+,24-18+/t28-,30-,32+/m1/s1. The summed E-state index contributed by atoms with van der Waals surface area (Å²) in [5, 5.41) is 2.71. The van der Waals surface area contributed by atoms with Crippen molar-refractivity contribution in [1.29, 1.82) is 0 Å². The zero-order chi connectivity index (χ0) is 35.8. The molecule has 266 valence electrons. The Morgan fingerprint density at radius 1 is 0.979 bits per heavy atom. The Bertz CT molecular complexity index is 1250. The number of hydrogen-bond donors (Lipinski definition) is 1. The second kappa shape index (κ2) is 16.5. The molecule has 10 heteroatoms. The van der Waals surface area contributed by atoms with Crippen molar-refractivity contribution in [3.63, 3.8) is 0 Å². The monoisotopic (exact) mass is 703 g/mol. The number of rotatable bonds is 10. The first-order valence-electron chi connectivity index (χ1n) is 17.4. The van der Waals surface area contributed by atoms with Crippen LogP contribution in [0.1, 0.15) is 83.7 Å². The van der Waals surface area contributed by atoms with Gasteiger partial charge in [0.1, 0.15) is 17.4 Å². The van der Waals surface area contributed by atoms with E-state index in [2.05, 4.69) is 112 Å². The quantitative estimate of drug-likeness (QED) is 0.148. The van der Waals surface area contributed by atoms with E-state index in [1.807, 2.05) is 24.3 Å². The highest BCUT2D eigenvalue weighted by Gasteiger charge is 2.42. The number of benzene rings is 1. The second-order valence-electron chi connectivity index (χ2n) is 17.4. The summed E-state index contributed by atoms with van der Waals surface area (Å²) in [6, 6.07) is 6.77. The number of allylic oxidation sites excluding steroid dienone is 2. The molecule has 0 saturated heterocycles. The highest BCUT2D eigenvalue weighted by atomic mass is 28.4. The van der Waals surface area contributed by atoms with Gasteiger partial charge in [0.15, 0.2) is 8.32 Å². The van der Waals surface area contributed by atoms with Crippen molar-refractivity contribution in [1.82, 2.24) is 5.32 Å². The van der Waals surface area contributed by atoms with Gasteiger partial charge in [-0.05, 0) is 72.7 Å². The van der Waals surface area contributed by atoms with Crippen molar-refractivity contribution < 1.29 is 27.9 Å². The van der Waals surface area contributed by atoms with Gasteiger partial charge in [0, 0.05) is 27.1 Å². The molecular formula is C37H65NO6Si3. The summed E-state index contributed by atoms with van der Waals surface area (Å²) in [6.45, 7) is 31.6. The number of hydrogen-bond acceptors (Lipinski definition) is 6. The van der Waals surface area contributed by atoms with Crippen molar-refractivity contribution in [2.75, 3.05) is 6.61 Å². The zero-order valence-corrected chi connectivity index (χ0v) is 35.0. The van der Waals surface area contributed by atoms with E-state index in [1.165, 1.54) is 0 Å². The molecule has 0 radical (unpaired) electrons. The van der Waals surface area contributed by atoms with Crippen LogP contribution in [0.15, 0.2) is 42.6 Å². The summed E-state index contributed by atoms with van der Waals surface area (Å²) in [5.74, 6) is 0.417. The first-order chi connectivity index (χ1) is 21.4. The van der Waals surface area contributed by atoms with E-state index >= 15 is 0 Å². The highest BCUT2D eigenvalue weighted by molar-refractivity contribution is 6.76. The number of ether oxygens (including phenoxy) is 2. The Hall–Kier alpha value is -2.15. The number of fused-ring (bicyclic) bond motifs is 1. The van der Waals surface area contributed by atoms with Gasteiger partial charge in [0.2, 0.25) is 0 Å². The van der Waals surface area contributed by atoms with E-state index in [4.69, 9.17) is 18.3 Å². The van der Waals surface area contributed by atoms with Crippen molar-refractivity contribution in [3.8, 4) is 5.75 Å². The van der Waals surface area contributed by atoms with Gasteiger partial charge in [0.25, 0.3) is 8.32 Å². The maximum Gasteiger partial charge on any atom is 0.411 e. The Morgan fingerprint density at radius 3 is 2.21 bits per heavy atom. The third-order valence-corrected chi connectivity index (χ3v) is 20.5. The van der Waals surface area contributed by atoms with Crippen LogP contribution in [0.4, 0.5) is 4.79 Å². The Labute approximate surface area is 289 Å². The van der Waals surface area contributed by atoms with E-state index in [-0.39, 0.29) is 28.1 Å². The Balaban J connectivity index is 2.45. The average Bonchev–Trinajstić information content (AvgIpc) is 2.90. The molecule has 1 aromatic rings. The number of amides is 1. The first-order valence-corrected chi connectivity index (χ1v) is 26.9. The molecule has 2 rings (SSSR count). The molecule has 1 N–H and O–H groups in total. The van der Waals surface area contributed by atoms with Crippen LogP contribution in [0.25, 0.3) is 0 Å². The number of esters is 1. The maximum absolute atomic E-state index is 14.2. The molecule has 1 aliphatic rings. The lowest BCUT2D eigenvalue weighted by atomic mass is 9.93. The molecule has 0 unspecified atom stereocenters. The van der Waals surface area contributed by atoms with Crippen LogP contribution in [-0.2, 0) is 20.3 Å². The lowest BCUT2D eigenvalue weighted by Crippen LogP contribution is -2.46. The molecule has 0 bridgehead atoms. The van der Waals surface area contributed by atoms with E-state index in [0.717, 1.165) is 18.0 Å². The van der Waals surface area contributed by atoms with Crippen molar-refractivity contribution in [2.45, 2.75) is 148 Å². The van der Waals surface area contributed by atoms with Crippen molar-refractivity contribution in [3.05, 3.63) is 53.8 Å². The fraction of sp³-hybridized carbons (Fsp3) is 0.676. The number of carbonyl (C=O) groups is 2. The minimum atomic E-state index is -2.25. The van der Waals surface area contributed by atoms with Gasteiger partial charge in [-0.15, -0.1) is 0 Å². The third-order valence-electron chi connectivity index (χ3n) is 9.96. The van der Waals surface area contributed by atoms with Gasteiger partial charge in [-0.2, -0.15) is 0 Å². The minimum Gasteiger partial charge on any atom is -0.543 e. The van der Waals surface area contributed by atoms with E-state index in [9.17, 15) is 9.59 Å². The number of cyclic esters (lactones) is 1. The molecule has 0 aliphatic carbocycles. The van der Waals surface area contributed by atoms with Crippen LogP contribution in [0, 0.1) is 5.92 Å². The fourth-order valence-corrected chi connectivity index (χ4v) is 7.80. The second-order valence-corrected chi connectivity index (χ2v) is 32.6. The van der Waals surface area contributed by atoms with Gasteiger partial charge in [-0.25, -0.2) is 9.59 Å². The molecule has 47 heavy (non-hydrogen) atoms. The molecule has 0 saturated carbocycles. The van der Waals surface area contributed by atoms with Gasteiger partial charge >= 0.3 is 12.1 Å². The molecule has 1 amide bonds. The molecule has 3 atom stereocenters. The third kappa shape index (κ3) is 13.0. The highest BCUT2D eigenvalue weighted by Crippen LogP contribution is 2.41. The summed E-state index contributed by atoms with van der Waals surface area (Å²) in [5.41, 5.74) is 1.39. The van der Waals surface area contributed by atoms with Crippen LogP contribution >= 0.6 is 0 Å². The maximum atomic E-state index is 14.2. The molecular weight excluding hydrogens is 639 g/mol. The Kier molecular flexibility index (Phi) is 14.4. The predicted octanol–water partition coefficient (Wildman–Crippen LogP) is 10.5. The van der Waals surface area contributed by atoms with Crippen LogP contribution in [0.5, 0.6) is 5.75 Å². The molecule has 1 aromatic carbocycles. The molecule has 1 aliphatic heterocycles.